The summed E-state index contributed by atoms with van der Waals surface area (Å²) < 4.78 is 6.24. The molecule has 1 aliphatic rings. The van der Waals surface area contributed by atoms with Gasteiger partial charge in [-0.3, -0.25) is 9.78 Å². The molecule has 0 spiro atoms. The average molecular weight is 428 g/mol. The van der Waals surface area contributed by atoms with E-state index in [-0.39, 0.29) is 18.1 Å². The fraction of sp³-hybridized carbons (Fsp3) is 0.455. The molecule has 1 unspecified atom stereocenters. The third kappa shape index (κ3) is 4.76. The highest BCUT2D eigenvalue weighted by atomic mass is 32.1. The molecule has 1 N–H and O–H groups in total. The van der Waals surface area contributed by atoms with Crippen molar-refractivity contribution in [1.82, 2.24) is 19.9 Å². The van der Waals surface area contributed by atoms with Gasteiger partial charge in [0.1, 0.15) is 0 Å². The zero-order valence-electron chi connectivity index (χ0n) is 18.2. The van der Waals surface area contributed by atoms with Crippen LogP contribution >= 0.6 is 11.3 Å². The molecule has 7 nitrogen and oxygen atoms in total. The minimum atomic E-state index is -0.0640. The Bertz CT molecular complexity index is 992. The van der Waals surface area contributed by atoms with Crippen molar-refractivity contribution in [1.29, 1.82) is 0 Å². The number of fused-ring (bicyclic) bond motifs is 1. The Hall–Kier alpha value is -2.58. The monoisotopic (exact) mass is 427 g/mol. The van der Waals surface area contributed by atoms with E-state index in [0.717, 1.165) is 27.1 Å². The lowest BCUT2D eigenvalue weighted by Crippen LogP contribution is -2.31. The summed E-state index contributed by atoms with van der Waals surface area (Å²) in [5, 5.41) is 3.31. The van der Waals surface area contributed by atoms with Crippen LogP contribution in [0.15, 0.2) is 30.6 Å². The molecule has 8 heteroatoms. The largest absolute Gasteiger partial charge is 0.380 e. The summed E-state index contributed by atoms with van der Waals surface area (Å²) in [4.78, 5) is 29.5. The van der Waals surface area contributed by atoms with E-state index in [4.69, 9.17) is 4.74 Å². The maximum Gasteiger partial charge on any atom is 0.274 e. The van der Waals surface area contributed by atoms with E-state index < -0.39 is 0 Å². The number of pyridine rings is 1. The van der Waals surface area contributed by atoms with E-state index in [1.54, 1.807) is 24.6 Å². The second-order valence-electron chi connectivity index (χ2n) is 7.02. The standard InChI is InChI=1S/C20H23N5O2S.C2H6/c1-12-9-16-18(28-12)17(19(26)25-8-6-15(11-25)27-3)24-20(23-16)22-13(2)14-5-4-7-21-10-14;1-2/h4-5,7,9-10,13,15H,6,8,11H2,1-3H3,(H,22,23,24);1-2H3/t13?,15-;/m1./s1. The van der Waals surface area contributed by atoms with Crippen molar-refractivity contribution < 1.29 is 9.53 Å². The Labute approximate surface area is 181 Å². The molecule has 160 valence electrons. The summed E-state index contributed by atoms with van der Waals surface area (Å²) in [6, 6.07) is 5.87. The maximum atomic E-state index is 13.2. The molecule has 4 rings (SSSR count). The highest BCUT2D eigenvalue weighted by molar-refractivity contribution is 7.19. The van der Waals surface area contributed by atoms with Crippen LogP contribution in [-0.4, -0.2) is 52.1 Å². The van der Waals surface area contributed by atoms with Crippen LogP contribution in [0, 0.1) is 6.92 Å². The van der Waals surface area contributed by atoms with Gasteiger partial charge in [-0.1, -0.05) is 19.9 Å². The fourth-order valence-electron chi connectivity index (χ4n) is 3.42. The highest BCUT2D eigenvalue weighted by Gasteiger charge is 2.29. The zero-order chi connectivity index (χ0) is 21.7. The third-order valence-corrected chi connectivity index (χ3v) is 6.04. The van der Waals surface area contributed by atoms with Gasteiger partial charge < -0.3 is 15.0 Å². The van der Waals surface area contributed by atoms with Crippen molar-refractivity contribution in [3.05, 3.63) is 46.7 Å². The van der Waals surface area contributed by atoms with Crippen molar-refractivity contribution in [3.8, 4) is 0 Å². The number of carbonyl (C=O) groups is 1. The van der Waals surface area contributed by atoms with E-state index in [1.165, 1.54) is 0 Å². The van der Waals surface area contributed by atoms with E-state index in [2.05, 4.69) is 20.3 Å². The average Bonchev–Trinajstić information content (AvgIpc) is 3.40. The molecule has 3 aromatic rings. The van der Waals surface area contributed by atoms with Gasteiger partial charge in [-0.15, -0.1) is 11.3 Å². The number of thiophene rings is 1. The summed E-state index contributed by atoms with van der Waals surface area (Å²) >= 11 is 1.55. The molecule has 1 aliphatic heterocycles. The number of rotatable bonds is 5. The molecule has 0 aliphatic carbocycles. The smallest absolute Gasteiger partial charge is 0.274 e. The number of methoxy groups -OCH3 is 1. The molecule has 0 saturated carbocycles. The van der Waals surface area contributed by atoms with Crippen LogP contribution in [0.25, 0.3) is 10.2 Å². The molecule has 1 fully saturated rings. The molecule has 4 heterocycles. The predicted octanol–water partition coefficient (Wildman–Crippen LogP) is 4.45. The number of hydrogen-bond donors (Lipinski definition) is 1. The minimum absolute atomic E-state index is 0.0292. The van der Waals surface area contributed by atoms with Crippen molar-refractivity contribution in [3.63, 3.8) is 0 Å². The SMILES string of the molecule is CC.CO[C@@H]1CCN(C(=O)c2nc(NC(C)c3cccnc3)nc3cc(C)sc23)C1. The number of aromatic nitrogens is 3. The maximum absolute atomic E-state index is 13.2. The molecular formula is C22H29N5O2S. The van der Waals surface area contributed by atoms with Gasteiger partial charge in [0.05, 0.1) is 22.4 Å². The van der Waals surface area contributed by atoms with Gasteiger partial charge in [-0.2, -0.15) is 0 Å². The van der Waals surface area contributed by atoms with E-state index in [0.29, 0.717) is 24.7 Å². The molecule has 0 bridgehead atoms. The Morgan fingerprint density at radius 3 is 2.83 bits per heavy atom. The molecule has 1 amide bonds. The number of anilines is 1. The predicted molar refractivity (Wildman–Crippen MR) is 121 cm³/mol. The van der Waals surface area contributed by atoms with Crippen LogP contribution in [-0.2, 0) is 4.74 Å². The molecule has 0 radical (unpaired) electrons. The lowest BCUT2D eigenvalue weighted by atomic mass is 10.1. The number of hydrogen-bond acceptors (Lipinski definition) is 7. The summed E-state index contributed by atoms with van der Waals surface area (Å²) in [7, 11) is 1.69. The number of amides is 1. The van der Waals surface area contributed by atoms with Crippen molar-refractivity contribution in [2.75, 3.05) is 25.5 Å². The Balaban J connectivity index is 0.00000124. The first-order chi connectivity index (χ1) is 14.5. The lowest BCUT2D eigenvalue weighted by Gasteiger charge is -2.18. The molecule has 2 atom stereocenters. The number of likely N-dealkylation sites (tertiary alicyclic amines) is 1. The van der Waals surface area contributed by atoms with Crippen LogP contribution in [0.2, 0.25) is 0 Å². The zero-order valence-corrected chi connectivity index (χ0v) is 19.0. The van der Waals surface area contributed by atoms with E-state index >= 15 is 0 Å². The van der Waals surface area contributed by atoms with Gasteiger partial charge in [0.2, 0.25) is 5.95 Å². The number of ether oxygens (including phenoxy) is 1. The third-order valence-electron chi connectivity index (χ3n) is 4.99. The van der Waals surface area contributed by atoms with Crippen LogP contribution < -0.4 is 5.32 Å². The van der Waals surface area contributed by atoms with Crippen LogP contribution in [0.1, 0.15) is 54.2 Å². The van der Waals surface area contributed by atoms with Gasteiger partial charge in [0.15, 0.2) is 5.69 Å². The second kappa shape index (κ2) is 9.95. The summed E-state index contributed by atoms with van der Waals surface area (Å²) in [5.74, 6) is 0.387. The topological polar surface area (TPSA) is 80.2 Å². The number of carbonyl (C=O) groups excluding carboxylic acids is 1. The van der Waals surface area contributed by atoms with Crippen LogP contribution in [0.5, 0.6) is 0 Å². The highest BCUT2D eigenvalue weighted by Crippen LogP contribution is 2.29. The van der Waals surface area contributed by atoms with Crippen molar-refractivity contribution in [2.24, 2.45) is 0 Å². The summed E-state index contributed by atoms with van der Waals surface area (Å²) in [6.07, 6.45) is 4.50. The van der Waals surface area contributed by atoms with Crippen molar-refractivity contribution >= 4 is 33.4 Å². The molecule has 30 heavy (non-hydrogen) atoms. The van der Waals surface area contributed by atoms with Gasteiger partial charge in [-0.05, 0) is 38.0 Å². The Morgan fingerprint density at radius 2 is 2.17 bits per heavy atom. The van der Waals surface area contributed by atoms with Gasteiger partial charge in [0.25, 0.3) is 5.91 Å². The lowest BCUT2D eigenvalue weighted by molar-refractivity contribution is 0.0721. The minimum Gasteiger partial charge on any atom is -0.380 e. The van der Waals surface area contributed by atoms with Crippen LogP contribution in [0.4, 0.5) is 5.95 Å². The molecule has 3 aromatic heterocycles. The quantitative estimate of drug-likeness (QED) is 0.648. The Kier molecular flexibility index (Phi) is 7.33. The fourth-order valence-corrected chi connectivity index (χ4v) is 4.35. The number of nitrogens with zero attached hydrogens (tertiary/aromatic N) is 4. The van der Waals surface area contributed by atoms with E-state index in [1.807, 2.05) is 57.0 Å². The van der Waals surface area contributed by atoms with Gasteiger partial charge in [0, 0.05) is 37.5 Å². The first-order valence-electron chi connectivity index (χ1n) is 10.3. The van der Waals surface area contributed by atoms with Crippen LogP contribution in [0.3, 0.4) is 0 Å². The van der Waals surface area contributed by atoms with E-state index in [9.17, 15) is 4.79 Å². The molecule has 0 aromatic carbocycles. The molecular weight excluding hydrogens is 398 g/mol. The van der Waals surface area contributed by atoms with Gasteiger partial charge in [-0.25, -0.2) is 9.97 Å². The summed E-state index contributed by atoms with van der Waals surface area (Å²) in [6.45, 7) is 9.32. The molecule has 1 saturated heterocycles. The summed E-state index contributed by atoms with van der Waals surface area (Å²) in [5.41, 5.74) is 2.29. The first kappa shape index (κ1) is 22.1. The van der Waals surface area contributed by atoms with Crippen molar-refractivity contribution in [2.45, 2.75) is 46.3 Å². The number of aryl methyl sites for hydroxylation is 1. The Morgan fingerprint density at radius 1 is 1.37 bits per heavy atom. The normalized spacial score (nSPS) is 16.8. The number of nitrogens with one attached hydrogen (secondary N) is 1. The first-order valence-corrected chi connectivity index (χ1v) is 11.1. The second-order valence-corrected chi connectivity index (χ2v) is 8.27. The van der Waals surface area contributed by atoms with Gasteiger partial charge >= 0.3 is 0 Å².